The van der Waals surface area contributed by atoms with Gasteiger partial charge in [0.15, 0.2) is 0 Å². The van der Waals surface area contributed by atoms with Crippen molar-refractivity contribution in [2.45, 2.75) is 81.6 Å². The van der Waals surface area contributed by atoms with E-state index in [1.807, 2.05) is 30.3 Å². The molecule has 1 aliphatic heterocycles. The molecule has 60 heavy (non-hydrogen) atoms. The maximum Gasteiger partial charge on any atom is 1.00 e. The van der Waals surface area contributed by atoms with Crippen LogP contribution >= 0.6 is 0 Å². The second-order valence-electron chi connectivity index (χ2n) is 15.7. The van der Waals surface area contributed by atoms with Crippen LogP contribution in [0.2, 0.25) is 0 Å². The fourth-order valence-corrected chi connectivity index (χ4v) is 9.76. The molecule has 0 bridgehead atoms. The molecule has 0 aromatic heterocycles. The van der Waals surface area contributed by atoms with Gasteiger partial charge in [-0.25, -0.2) is 8.42 Å². The van der Waals surface area contributed by atoms with Gasteiger partial charge in [-0.3, -0.25) is 9.59 Å². The minimum Gasteiger partial charge on any atom is -0.550 e. The standard InChI is InChI=1S/C45H50N4O8S.2K/c50-42(35-5-4-6-39(27-35)58(56,57)49(29-32-9-10-32)37-21-17-34(18-22-37)45(54)55)47-41-24-23-38(48-25-2-1-3-26-48)28-40(41)43(51)46-36-19-13-31(14-20-36)8-7-30-11-15-33(16-12-30)44(52)53;;/h4-6,11-16,19-20,23-24,27-28,32,34,37H,1-3,7-10,17-18,21-22,25-26,29H2,(H,46,51)(H,47,50)(H,52,53)(H,54,55);;/q;2*+1/p-2/t34-,37-;;. The third kappa shape index (κ3) is 12.7. The van der Waals surface area contributed by atoms with Crippen LogP contribution < -0.4 is 129 Å². The molecule has 12 nitrogen and oxygen atoms in total. The summed E-state index contributed by atoms with van der Waals surface area (Å²) in [6, 6.07) is 25.0. The zero-order chi connectivity index (χ0) is 40.8. The molecule has 1 heterocycles. The van der Waals surface area contributed by atoms with Crippen molar-refractivity contribution in [1.82, 2.24) is 4.31 Å². The summed E-state index contributed by atoms with van der Waals surface area (Å²) in [5, 5.41) is 28.4. The first-order valence-electron chi connectivity index (χ1n) is 20.2. The first kappa shape index (κ1) is 48.8. The maximum absolute atomic E-state index is 14.2. The molecular formula is C45H48K2N4O8S. The van der Waals surface area contributed by atoms with E-state index in [2.05, 4.69) is 15.5 Å². The van der Waals surface area contributed by atoms with E-state index in [1.165, 1.54) is 40.7 Å². The Morgan fingerprint density at radius 2 is 1.32 bits per heavy atom. The Labute approximate surface area is 437 Å². The minimum atomic E-state index is -4.02. The number of piperidine rings is 1. The number of carboxylic acids is 2. The Balaban J connectivity index is 0.00000341. The average Bonchev–Trinajstić information content (AvgIpc) is 4.07. The van der Waals surface area contributed by atoms with E-state index in [4.69, 9.17) is 0 Å². The SMILES string of the molecule is O=C([O-])c1ccc(CCc2ccc(NC(=O)c3cc(N4CCCCC4)ccc3NC(=O)c3cccc(S(=O)(=O)N(CC4CC4)[C@H]4CC[C@H](C(=O)[O-])CC4)c3)cc2)cc1.[K+].[K+]. The molecular weight excluding hydrogens is 835 g/mol. The molecule has 4 aromatic carbocycles. The Morgan fingerprint density at radius 1 is 0.683 bits per heavy atom. The van der Waals surface area contributed by atoms with Crippen molar-refractivity contribution in [3.63, 3.8) is 0 Å². The second-order valence-corrected chi connectivity index (χ2v) is 17.6. The topological polar surface area (TPSA) is 179 Å². The van der Waals surface area contributed by atoms with Gasteiger partial charge in [-0.2, -0.15) is 4.31 Å². The molecule has 15 heteroatoms. The van der Waals surface area contributed by atoms with E-state index < -0.39 is 39.7 Å². The van der Waals surface area contributed by atoms with Crippen molar-refractivity contribution in [3.05, 3.63) is 119 Å². The Morgan fingerprint density at radius 3 is 1.92 bits per heavy atom. The summed E-state index contributed by atoms with van der Waals surface area (Å²) in [7, 11) is -4.02. The number of carboxylic acid groups (broad SMARTS) is 2. The van der Waals surface area contributed by atoms with Gasteiger partial charge in [0.05, 0.1) is 22.1 Å². The number of carbonyl (C=O) groups is 4. The summed E-state index contributed by atoms with van der Waals surface area (Å²) in [6.07, 6.45) is 8.07. The van der Waals surface area contributed by atoms with Gasteiger partial charge in [0.1, 0.15) is 0 Å². The van der Waals surface area contributed by atoms with Crippen molar-refractivity contribution >= 4 is 50.8 Å². The smallest absolute Gasteiger partial charge is 0.550 e. The molecule has 304 valence electrons. The Hall–Kier alpha value is -2.26. The molecule has 4 aromatic rings. The number of nitrogens with one attached hydrogen (secondary N) is 2. The first-order chi connectivity index (χ1) is 27.9. The number of hydrogen-bond acceptors (Lipinski definition) is 9. The third-order valence-electron chi connectivity index (χ3n) is 11.6. The Kier molecular flexibility index (Phi) is 18.2. The zero-order valence-electron chi connectivity index (χ0n) is 34.4. The predicted molar refractivity (Wildman–Crippen MR) is 217 cm³/mol. The summed E-state index contributed by atoms with van der Waals surface area (Å²) in [4.78, 5) is 52.6. The minimum absolute atomic E-state index is 0. The van der Waals surface area contributed by atoms with E-state index >= 15 is 0 Å². The summed E-state index contributed by atoms with van der Waals surface area (Å²) < 4.78 is 29.9. The molecule has 0 spiro atoms. The molecule has 0 atom stereocenters. The van der Waals surface area contributed by atoms with E-state index in [1.54, 1.807) is 24.3 Å². The van der Waals surface area contributed by atoms with Gasteiger partial charge >= 0.3 is 103 Å². The van der Waals surface area contributed by atoms with Gasteiger partial charge in [-0.15, -0.1) is 0 Å². The number of aromatic carboxylic acids is 1. The third-order valence-corrected chi connectivity index (χ3v) is 13.5. The van der Waals surface area contributed by atoms with Gasteiger partial charge in [-0.05, 0) is 148 Å². The van der Waals surface area contributed by atoms with Crippen molar-refractivity contribution in [2.24, 2.45) is 11.8 Å². The van der Waals surface area contributed by atoms with Crippen LogP contribution in [0, 0.1) is 11.8 Å². The summed E-state index contributed by atoms with van der Waals surface area (Å²) in [6.45, 7) is 2.06. The predicted octanol–water partition coefficient (Wildman–Crippen LogP) is -0.952. The van der Waals surface area contributed by atoms with Crippen LogP contribution in [0.25, 0.3) is 0 Å². The zero-order valence-corrected chi connectivity index (χ0v) is 41.4. The average molecular weight is 883 g/mol. The van der Waals surface area contributed by atoms with Gasteiger partial charge in [-0.1, -0.05) is 42.5 Å². The number of carbonyl (C=O) groups excluding carboxylic acids is 4. The molecule has 2 aliphatic carbocycles. The van der Waals surface area contributed by atoms with Crippen molar-refractivity contribution in [2.75, 3.05) is 35.2 Å². The fourth-order valence-electron chi connectivity index (χ4n) is 7.95. The molecule has 2 N–H and O–H groups in total. The quantitative estimate of drug-likeness (QED) is 0.143. The summed E-state index contributed by atoms with van der Waals surface area (Å²) in [5.74, 6) is -3.63. The van der Waals surface area contributed by atoms with Crippen LogP contribution in [0.1, 0.15) is 100.0 Å². The summed E-state index contributed by atoms with van der Waals surface area (Å²) >= 11 is 0. The number of nitrogens with zero attached hydrogens (tertiary/aromatic N) is 2. The molecule has 2 saturated carbocycles. The molecule has 3 aliphatic rings. The molecule has 2 amide bonds. The van der Waals surface area contributed by atoms with Gasteiger partial charge in [0.25, 0.3) is 11.8 Å². The first-order valence-corrected chi connectivity index (χ1v) is 21.6. The van der Waals surface area contributed by atoms with E-state index in [0.29, 0.717) is 50.8 Å². The van der Waals surface area contributed by atoms with E-state index in [9.17, 15) is 37.8 Å². The molecule has 3 fully saturated rings. The molecule has 7 rings (SSSR count). The van der Waals surface area contributed by atoms with Gasteiger partial charge < -0.3 is 35.3 Å². The number of aryl methyl sites for hydroxylation is 2. The maximum atomic E-state index is 14.2. The number of hydrogen-bond donors (Lipinski definition) is 2. The van der Waals surface area contributed by atoms with Crippen LogP contribution in [0.15, 0.2) is 95.9 Å². The summed E-state index contributed by atoms with van der Waals surface area (Å²) in [5.41, 5.74) is 4.23. The normalized spacial score (nSPS) is 17.8. The second kappa shape index (κ2) is 22.4. The largest absolute Gasteiger partial charge is 1.00 e. The van der Waals surface area contributed by atoms with Crippen molar-refractivity contribution < 1.29 is 141 Å². The number of benzene rings is 4. The van der Waals surface area contributed by atoms with Gasteiger partial charge in [0.2, 0.25) is 10.0 Å². The molecule has 0 unspecified atom stereocenters. The van der Waals surface area contributed by atoms with E-state index in [0.717, 1.165) is 62.0 Å². The van der Waals surface area contributed by atoms with Crippen LogP contribution in [0.4, 0.5) is 17.1 Å². The number of rotatable bonds is 15. The molecule has 0 radical (unpaired) electrons. The fraction of sp³-hybridized carbons (Fsp3) is 0.378. The van der Waals surface area contributed by atoms with Crippen LogP contribution in [-0.4, -0.2) is 62.2 Å². The van der Waals surface area contributed by atoms with Crippen LogP contribution in [0.5, 0.6) is 0 Å². The monoisotopic (exact) mass is 882 g/mol. The van der Waals surface area contributed by atoms with Crippen LogP contribution in [-0.2, 0) is 27.7 Å². The molecule has 1 saturated heterocycles. The number of amides is 2. The van der Waals surface area contributed by atoms with Crippen molar-refractivity contribution in [1.29, 1.82) is 0 Å². The number of anilines is 3. The van der Waals surface area contributed by atoms with Gasteiger partial charge in [0, 0.05) is 48.6 Å². The Bertz CT molecular complexity index is 2260. The van der Waals surface area contributed by atoms with Crippen LogP contribution in [0.3, 0.4) is 0 Å². The van der Waals surface area contributed by atoms with Crippen molar-refractivity contribution in [3.8, 4) is 0 Å². The number of aliphatic carboxylic acids is 1. The van der Waals surface area contributed by atoms with E-state index in [-0.39, 0.29) is 142 Å². The number of sulfonamides is 1.